The number of hydrogen-bond acceptors (Lipinski definition) is 2. The van der Waals surface area contributed by atoms with Crippen LogP contribution >= 0.6 is 11.6 Å². The summed E-state index contributed by atoms with van der Waals surface area (Å²) < 4.78 is 13.0. The van der Waals surface area contributed by atoms with Gasteiger partial charge in [0.2, 0.25) is 0 Å². The smallest absolute Gasteiger partial charge is 0.124 e. The van der Waals surface area contributed by atoms with Gasteiger partial charge in [-0.05, 0) is 37.5 Å². The Morgan fingerprint density at radius 3 is 2.89 bits per heavy atom. The predicted molar refractivity (Wildman–Crippen MR) is 73.1 cm³/mol. The van der Waals surface area contributed by atoms with E-state index in [9.17, 15) is 4.39 Å². The zero-order valence-corrected chi connectivity index (χ0v) is 11.5. The lowest BCUT2D eigenvalue weighted by atomic mass is 9.95. The third kappa shape index (κ3) is 3.02. The predicted octanol–water partition coefficient (Wildman–Crippen LogP) is 3.18. The minimum Gasteiger partial charge on any atom is -0.329 e. The van der Waals surface area contributed by atoms with Crippen molar-refractivity contribution in [2.75, 3.05) is 6.54 Å². The Kier molecular flexibility index (Phi) is 4.60. The first-order chi connectivity index (χ1) is 8.61. The van der Waals surface area contributed by atoms with Crippen LogP contribution in [0.4, 0.5) is 4.39 Å². The van der Waals surface area contributed by atoms with Gasteiger partial charge in [0.05, 0.1) is 0 Å². The number of halogens is 2. The maximum atomic E-state index is 13.0. The fourth-order valence-electron chi connectivity index (χ4n) is 2.73. The van der Waals surface area contributed by atoms with Gasteiger partial charge in [0, 0.05) is 30.2 Å². The molecule has 2 atom stereocenters. The van der Waals surface area contributed by atoms with Crippen molar-refractivity contribution in [1.29, 1.82) is 0 Å². The number of nitrogens with zero attached hydrogens (tertiary/aromatic N) is 1. The highest BCUT2D eigenvalue weighted by Gasteiger charge is 2.27. The van der Waals surface area contributed by atoms with Crippen LogP contribution in [0.15, 0.2) is 18.2 Å². The number of piperidine rings is 1. The summed E-state index contributed by atoms with van der Waals surface area (Å²) in [6, 6.07) is 5.53. The summed E-state index contributed by atoms with van der Waals surface area (Å²) in [5.41, 5.74) is 6.81. The number of benzene rings is 1. The minimum absolute atomic E-state index is 0.286. The first-order valence-corrected chi connectivity index (χ1v) is 6.89. The van der Waals surface area contributed by atoms with Gasteiger partial charge in [-0.25, -0.2) is 4.39 Å². The molecule has 0 bridgehead atoms. The third-order valence-electron chi connectivity index (χ3n) is 3.83. The molecule has 1 heterocycles. The van der Waals surface area contributed by atoms with Crippen LogP contribution < -0.4 is 5.73 Å². The van der Waals surface area contributed by atoms with E-state index in [1.165, 1.54) is 25.0 Å². The van der Waals surface area contributed by atoms with E-state index in [4.69, 9.17) is 17.3 Å². The summed E-state index contributed by atoms with van der Waals surface area (Å²) in [6.07, 6.45) is 3.56. The van der Waals surface area contributed by atoms with Gasteiger partial charge in [0.25, 0.3) is 0 Å². The van der Waals surface area contributed by atoms with Gasteiger partial charge >= 0.3 is 0 Å². The molecule has 1 saturated heterocycles. The molecule has 18 heavy (non-hydrogen) atoms. The van der Waals surface area contributed by atoms with Gasteiger partial charge in [-0.15, -0.1) is 0 Å². The molecule has 1 aliphatic heterocycles. The highest BCUT2D eigenvalue weighted by molar-refractivity contribution is 6.31. The second-order valence-electron chi connectivity index (χ2n) is 5.08. The van der Waals surface area contributed by atoms with Crippen molar-refractivity contribution in [3.63, 3.8) is 0 Å². The van der Waals surface area contributed by atoms with Crippen LogP contribution in [-0.2, 0) is 6.54 Å². The zero-order chi connectivity index (χ0) is 13.1. The first kappa shape index (κ1) is 13.8. The van der Waals surface area contributed by atoms with Crippen molar-refractivity contribution in [1.82, 2.24) is 4.90 Å². The molecule has 0 aromatic heterocycles. The normalized spacial score (nSPS) is 25.3. The van der Waals surface area contributed by atoms with Crippen LogP contribution in [0.5, 0.6) is 0 Å². The Bertz CT molecular complexity index is 411. The minimum atomic E-state index is -0.286. The molecule has 2 nitrogen and oxygen atoms in total. The Balaban J connectivity index is 2.15. The quantitative estimate of drug-likeness (QED) is 0.914. The maximum absolute atomic E-state index is 13.0. The van der Waals surface area contributed by atoms with Gasteiger partial charge in [-0.2, -0.15) is 0 Å². The molecule has 2 N–H and O–H groups in total. The Hall–Kier alpha value is -0.640. The lowest BCUT2D eigenvalue weighted by molar-refractivity contribution is 0.0892. The van der Waals surface area contributed by atoms with Crippen molar-refractivity contribution in [2.24, 2.45) is 5.73 Å². The fraction of sp³-hybridized carbons (Fsp3) is 0.571. The van der Waals surface area contributed by atoms with Crippen LogP contribution in [0, 0.1) is 5.82 Å². The second kappa shape index (κ2) is 6.00. The average molecular weight is 271 g/mol. The Labute approximate surface area is 113 Å². The molecule has 1 aromatic rings. The molecule has 0 spiro atoms. The van der Waals surface area contributed by atoms with Crippen molar-refractivity contribution in [3.8, 4) is 0 Å². The Morgan fingerprint density at radius 1 is 1.44 bits per heavy atom. The van der Waals surface area contributed by atoms with E-state index in [0.29, 0.717) is 23.7 Å². The van der Waals surface area contributed by atoms with Gasteiger partial charge in [0.1, 0.15) is 5.82 Å². The molecule has 0 saturated carbocycles. The van der Waals surface area contributed by atoms with Gasteiger partial charge in [-0.1, -0.05) is 24.1 Å². The van der Waals surface area contributed by atoms with Crippen LogP contribution in [-0.4, -0.2) is 23.5 Å². The van der Waals surface area contributed by atoms with Crippen LogP contribution in [0.1, 0.15) is 31.7 Å². The molecule has 1 aromatic carbocycles. The van der Waals surface area contributed by atoms with Crippen molar-refractivity contribution < 1.29 is 4.39 Å². The van der Waals surface area contributed by atoms with Crippen molar-refractivity contribution >= 4 is 11.6 Å². The van der Waals surface area contributed by atoms with E-state index in [1.807, 2.05) is 0 Å². The topological polar surface area (TPSA) is 29.3 Å². The maximum Gasteiger partial charge on any atom is 0.124 e. The summed E-state index contributed by atoms with van der Waals surface area (Å²) in [4.78, 5) is 2.39. The lowest BCUT2D eigenvalue weighted by Crippen LogP contribution is -2.48. The lowest BCUT2D eigenvalue weighted by Gasteiger charge is -2.40. The second-order valence-corrected chi connectivity index (χ2v) is 5.48. The van der Waals surface area contributed by atoms with Crippen molar-refractivity contribution in [2.45, 2.75) is 44.8 Å². The number of likely N-dealkylation sites (tertiary alicyclic amines) is 1. The van der Waals surface area contributed by atoms with Crippen LogP contribution in [0.25, 0.3) is 0 Å². The molecular formula is C14H20ClFN2. The molecule has 1 fully saturated rings. The molecule has 0 amide bonds. The van der Waals surface area contributed by atoms with Gasteiger partial charge in [-0.3, -0.25) is 4.90 Å². The highest BCUT2D eigenvalue weighted by atomic mass is 35.5. The van der Waals surface area contributed by atoms with E-state index in [0.717, 1.165) is 18.5 Å². The molecule has 100 valence electrons. The van der Waals surface area contributed by atoms with E-state index in [2.05, 4.69) is 11.8 Å². The van der Waals surface area contributed by atoms with E-state index >= 15 is 0 Å². The van der Waals surface area contributed by atoms with Gasteiger partial charge in [0.15, 0.2) is 0 Å². The summed E-state index contributed by atoms with van der Waals surface area (Å²) in [5.74, 6) is -0.286. The fourth-order valence-corrected chi connectivity index (χ4v) is 2.95. The molecule has 0 radical (unpaired) electrons. The first-order valence-electron chi connectivity index (χ1n) is 6.51. The van der Waals surface area contributed by atoms with E-state index in [-0.39, 0.29) is 5.82 Å². The molecule has 0 aliphatic carbocycles. The molecule has 1 aliphatic rings. The van der Waals surface area contributed by atoms with Gasteiger partial charge < -0.3 is 5.73 Å². The monoisotopic (exact) mass is 270 g/mol. The third-order valence-corrected chi connectivity index (χ3v) is 4.19. The van der Waals surface area contributed by atoms with Crippen LogP contribution in [0.3, 0.4) is 0 Å². The summed E-state index contributed by atoms with van der Waals surface area (Å²) >= 11 is 6.09. The summed E-state index contributed by atoms with van der Waals surface area (Å²) in [5, 5.41) is 0.503. The molecular weight excluding hydrogens is 251 g/mol. The summed E-state index contributed by atoms with van der Waals surface area (Å²) in [7, 11) is 0. The summed E-state index contributed by atoms with van der Waals surface area (Å²) in [6.45, 7) is 3.64. The SMILES string of the molecule is CC1CCCC(CN)N1Cc1ccc(F)cc1Cl. The molecule has 4 heteroatoms. The average Bonchev–Trinajstić information content (AvgIpc) is 2.34. The standard InChI is InChI=1S/C14H20ClFN2/c1-10-3-2-4-13(8-17)18(10)9-11-5-6-12(16)7-14(11)15/h5-7,10,13H,2-4,8-9,17H2,1H3. The highest BCUT2D eigenvalue weighted by Crippen LogP contribution is 2.27. The zero-order valence-electron chi connectivity index (χ0n) is 10.7. The molecule has 2 unspecified atom stereocenters. The van der Waals surface area contributed by atoms with Crippen LogP contribution in [0.2, 0.25) is 5.02 Å². The largest absolute Gasteiger partial charge is 0.329 e. The number of nitrogens with two attached hydrogens (primary N) is 1. The van der Waals surface area contributed by atoms with E-state index in [1.54, 1.807) is 6.07 Å². The van der Waals surface area contributed by atoms with Crippen molar-refractivity contribution in [3.05, 3.63) is 34.6 Å². The van der Waals surface area contributed by atoms with E-state index < -0.39 is 0 Å². The molecule has 2 rings (SSSR count). The number of hydrogen-bond donors (Lipinski definition) is 1. The Morgan fingerprint density at radius 2 is 2.22 bits per heavy atom. The number of rotatable bonds is 3.